The Hall–Kier alpha value is -2.36. The van der Waals surface area contributed by atoms with Crippen LogP contribution in [0.3, 0.4) is 0 Å². The molecule has 0 radical (unpaired) electrons. The van der Waals surface area contributed by atoms with Crippen LogP contribution in [0.5, 0.6) is 0 Å². The van der Waals surface area contributed by atoms with Crippen LogP contribution in [0.15, 0.2) is 40.9 Å². The van der Waals surface area contributed by atoms with Crippen LogP contribution in [-0.2, 0) is 10.0 Å². The average Bonchev–Trinajstić information content (AvgIpc) is 3.32. The Labute approximate surface area is 173 Å². The third-order valence-corrected chi connectivity index (χ3v) is 8.35. The number of thiazole rings is 1. The van der Waals surface area contributed by atoms with Gasteiger partial charge in [0, 0.05) is 19.3 Å². The van der Waals surface area contributed by atoms with Crippen LogP contribution < -0.4 is 0 Å². The molecule has 0 aliphatic carbocycles. The summed E-state index contributed by atoms with van der Waals surface area (Å²) in [5, 5.41) is 4.42. The molecule has 0 unspecified atom stereocenters. The molecule has 1 aromatic carbocycles. The van der Waals surface area contributed by atoms with Crippen molar-refractivity contribution in [1.82, 2.24) is 23.9 Å². The summed E-state index contributed by atoms with van der Waals surface area (Å²) < 4.78 is 30.6. The molecule has 1 aliphatic heterocycles. The molecule has 0 spiro atoms. The van der Waals surface area contributed by atoms with Gasteiger partial charge in [0.25, 0.3) is 0 Å². The molecule has 3 aromatic heterocycles. The maximum atomic E-state index is 13.1. The topological polar surface area (TPSA) is 80.5 Å². The highest BCUT2D eigenvalue weighted by molar-refractivity contribution is 7.89. The molecule has 29 heavy (non-hydrogen) atoms. The first kappa shape index (κ1) is 18.7. The van der Waals surface area contributed by atoms with Crippen molar-refractivity contribution >= 4 is 37.2 Å². The fourth-order valence-corrected chi connectivity index (χ4v) is 6.42. The van der Waals surface area contributed by atoms with E-state index in [0.29, 0.717) is 23.9 Å². The fourth-order valence-electron chi connectivity index (χ4n) is 4.13. The first-order valence-corrected chi connectivity index (χ1v) is 11.9. The summed E-state index contributed by atoms with van der Waals surface area (Å²) in [6.45, 7) is 5.00. The molecule has 5 rings (SSSR count). The van der Waals surface area contributed by atoms with E-state index in [1.807, 2.05) is 11.4 Å². The normalized spacial score (nSPS) is 16.8. The van der Waals surface area contributed by atoms with E-state index < -0.39 is 10.0 Å². The highest BCUT2D eigenvalue weighted by Crippen LogP contribution is 2.33. The van der Waals surface area contributed by atoms with Crippen LogP contribution in [0.4, 0.5) is 0 Å². The average molecular weight is 428 g/mol. The fraction of sp³-hybridized carbons (Fsp3) is 0.350. The second-order valence-electron chi connectivity index (χ2n) is 7.53. The zero-order valence-corrected chi connectivity index (χ0v) is 17.9. The highest BCUT2D eigenvalue weighted by atomic mass is 32.2. The molecule has 0 amide bonds. The molecule has 1 saturated heterocycles. The molecule has 0 bridgehead atoms. The van der Waals surface area contributed by atoms with Crippen LogP contribution in [-0.4, -0.2) is 45.4 Å². The van der Waals surface area contributed by atoms with Crippen LogP contribution in [0.1, 0.15) is 35.7 Å². The number of benzene rings is 1. The van der Waals surface area contributed by atoms with Gasteiger partial charge in [-0.3, -0.25) is 0 Å². The predicted octanol–water partition coefficient (Wildman–Crippen LogP) is 3.52. The van der Waals surface area contributed by atoms with Crippen molar-refractivity contribution in [2.24, 2.45) is 0 Å². The molecule has 0 saturated carbocycles. The van der Waals surface area contributed by atoms with Gasteiger partial charge in [-0.2, -0.15) is 9.40 Å². The number of piperidine rings is 1. The smallest absolute Gasteiger partial charge is 0.243 e. The minimum absolute atomic E-state index is 0.319. The van der Waals surface area contributed by atoms with Gasteiger partial charge in [0.2, 0.25) is 10.0 Å². The summed E-state index contributed by atoms with van der Waals surface area (Å²) in [5.74, 6) is 1.07. The zero-order chi connectivity index (χ0) is 20.2. The van der Waals surface area contributed by atoms with Crippen molar-refractivity contribution < 1.29 is 8.42 Å². The van der Waals surface area contributed by atoms with Crippen LogP contribution in [0, 0.1) is 13.8 Å². The summed E-state index contributed by atoms with van der Waals surface area (Å²) in [7, 11) is -3.49. The Kier molecular flexibility index (Phi) is 4.41. The van der Waals surface area contributed by atoms with E-state index in [0.717, 1.165) is 34.5 Å². The summed E-state index contributed by atoms with van der Waals surface area (Å²) in [6, 6.07) is 7.24. The number of aryl methyl sites for hydroxylation is 2. The summed E-state index contributed by atoms with van der Waals surface area (Å²) >= 11 is 1.46. The SMILES string of the molecule is Cc1nc2cc(C)c(C3CCN(S(=O)(=O)c4ccc5ncsc5c4)CC3)cn2n1. The Morgan fingerprint density at radius 3 is 2.72 bits per heavy atom. The van der Waals surface area contributed by atoms with Gasteiger partial charge in [-0.05, 0) is 68.0 Å². The van der Waals surface area contributed by atoms with Crippen LogP contribution in [0.25, 0.3) is 15.9 Å². The Morgan fingerprint density at radius 1 is 1.14 bits per heavy atom. The maximum Gasteiger partial charge on any atom is 0.243 e. The molecule has 1 aliphatic rings. The molecule has 0 atom stereocenters. The van der Waals surface area contributed by atoms with Crippen LogP contribution in [0.2, 0.25) is 0 Å². The zero-order valence-electron chi connectivity index (χ0n) is 16.2. The lowest BCUT2D eigenvalue weighted by molar-refractivity contribution is 0.318. The number of rotatable bonds is 3. The number of nitrogens with zero attached hydrogens (tertiary/aromatic N) is 5. The van der Waals surface area contributed by atoms with Crippen molar-refractivity contribution in [2.45, 2.75) is 37.5 Å². The number of sulfonamides is 1. The molecule has 4 heterocycles. The van der Waals surface area contributed by atoms with E-state index in [9.17, 15) is 8.42 Å². The first-order valence-electron chi connectivity index (χ1n) is 9.59. The van der Waals surface area contributed by atoms with Gasteiger partial charge in [0.1, 0.15) is 5.82 Å². The molecule has 9 heteroatoms. The van der Waals surface area contributed by atoms with Crippen molar-refractivity contribution in [2.75, 3.05) is 13.1 Å². The monoisotopic (exact) mass is 427 g/mol. The van der Waals surface area contributed by atoms with Crippen molar-refractivity contribution in [3.8, 4) is 0 Å². The standard InChI is InChI=1S/C20H21N5O2S2/c1-13-9-20-22-14(2)23-25(20)11-17(13)15-5-7-24(8-6-15)29(26,27)16-3-4-18-19(10-16)28-12-21-18/h3-4,9-12,15H,5-8H2,1-2H3. The predicted molar refractivity (Wildman–Crippen MR) is 113 cm³/mol. The van der Waals surface area contributed by atoms with Crippen molar-refractivity contribution in [3.05, 3.63) is 52.9 Å². The molecule has 4 aromatic rings. The lowest BCUT2D eigenvalue weighted by Crippen LogP contribution is -2.38. The number of hydrogen-bond donors (Lipinski definition) is 0. The largest absolute Gasteiger partial charge is 0.245 e. The number of aromatic nitrogens is 4. The second-order valence-corrected chi connectivity index (χ2v) is 10.4. The molecule has 150 valence electrons. The van der Waals surface area contributed by atoms with Gasteiger partial charge >= 0.3 is 0 Å². The van der Waals surface area contributed by atoms with Crippen molar-refractivity contribution in [3.63, 3.8) is 0 Å². The van der Waals surface area contributed by atoms with Gasteiger partial charge in [0.05, 0.1) is 20.6 Å². The Bertz CT molecular complexity index is 1320. The third kappa shape index (κ3) is 3.23. The first-order chi connectivity index (χ1) is 13.9. The van der Waals surface area contributed by atoms with E-state index in [2.05, 4.69) is 34.3 Å². The number of fused-ring (bicyclic) bond motifs is 2. The minimum Gasteiger partial charge on any atom is -0.245 e. The van der Waals surface area contributed by atoms with E-state index in [-0.39, 0.29) is 0 Å². The number of pyridine rings is 1. The van der Waals surface area contributed by atoms with Crippen LogP contribution >= 0.6 is 11.3 Å². The maximum absolute atomic E-state index is 13.1. The summed E-state index contributed by atoms with van der Waals surface area (Å²) in [6.07, 6.45) is 3.64. The van der Waals surface area contributed by atoms with Gasteiger partial charge in [0.15, 0.2) is 5.65 Å². The molecular weight excluding hydrogens is 406 g/mol. The van der Waals surface area contributed by atoms with Gasteiger partial charge in [-0.1, -0.05) is 0 Å². The van der Waals surface area contributed by atoms with E-state index in [4.69, 9.17) is 0 Å². The molecule has 7 nitrogen and oxygen atoms in total. The van der Waals surface area contributed by atoms with Crippen molar-refractivity contribution in [1.29, 1.82) is 0 Å². The molecule has 0 N–H and O–H groups in total. The third-order valence-electron chi connectivity index (χ3n) is 5.66. The lowest BCUT2D eigenvalue weighted by atomic mass is 9.89. The minimum atomic E-state index is -3.49. The lowest BCUT2D eigenvalue weighted by Gasteiger charge is -2.32. The molecular formula is C20H21N5O2S2. The van der Waals surface area contributed by atoms with Gasteiger partial charge in [-0.25, -0.2) is 22.9 Å². The Morgan fingerprint density at radius 2 is 1.93 bits per heavy atom. The second kappa shape index (κ2) is 6.86. The van der Waals surface area contributed by atoms with Gasteiger partial charge in [-0.15, -0.1) is 11.3 Å². The number of hydrogen-bond acceptors (Lipinski definition) is 6. The van der Waals surface area contributed by atoms with E-state index in [1.165, 1.54) is 22.5 Å². The van der Waals surface area contributed by atoms with Gasteiger partial charge < -0.3 is 0 Å². The Balaban J connectivity index is 1.37. The molecule has 1 fully saturated rings. The quantitative estimate of drug-likeness (QED) is 0.500. The van der Waals surface area contributed by atoms with E-state index in [1.54, 1.807) is 28.0 Å². The van der Waals surface area contributed by atoms with E-state index >= 15 is 0 Å². The summed E-state index contributed by atoms with van der Waals surface area (Å²) in [5.41, 5.74) is 5.83. The summed E-state index contributed by atoms with van der Waals surface area (Å²) in [4.78, 5) is 8.99. The highest BCUT2D eigenvalue weighted by Gasteiger charge is 2.31.